The van der Waals surface area contributed by atoms with E-state index in [1.807, 2.05) is 31.2 Å². The molecule has 0 aliphatic heterocycles. The molecule has 3 aromatic rings. The fraction of sp³-hybridized carbons (Fsp3) is 0.300. The Bertz CT molecular complexity index is 1140. The summed E-state index contributed by atoms with van der Waals surface area (Å²) in [5, 5.41) is 11.3. The quantitative estimate of drug-likeness (QED) is 0.436. The van der Waals surface area contributed by atoms with Crippen LogP contribution in [0.3, 0.4) is 0 Å². The number of imidazole rings is 1. The van der Waals surface area contributed by atoms with Gasteiger partial charge in [-0.05, 0) is 30.7 Å². The number of nitrogens with zero attached hydrogens (tertiary/aromatic N) is 4. The van der Waals surface area contributed by atoms with Crippen LogP contribution in [0.15, 0.2) is 47.3 Å². The average Bonchev–Trinajstić information content (AvgIpc) is 2.98. The number of fused-ring (bicyclic) bond motifs is 1. The van der Waals surface area contributed by atoms with Gasteiger partial charge in [0.15, 0.2) is 0 Å². The van der Waals surface area contributed by atoms with E-state index in [9.17, 15) is 19.7 Å². The summed E-state index contributed by atoms with van der Waals surface area (Å²) >= 11 is 6.12. The molecule has 1 heterocycles. The number of nitro groups is 1. The second-order valence-electron chi connectivity index (χ2n) is 6.70. The summed E-state index contributed by atoms with van der Waals surface area (Å²) in [5.74, 6) is -0.187. The maximum absolute atomic E-state index is 12.7. The highest BCUT2D eigenvalue weighted by molar-refractivity contribution is 6.31. The molecule has 0 aliphatic rings. The van der Waals surface area contributed by atoms with Gasteiger partial charge in [0, 0.05) is 50.3 Å². The Morgan fingerprint density at radius 2 is 1.83 bits per heavy atom. The largest absolute Gasteiger partial charge is 0.341 e. The first-order valence-corrected chi connectivity index (χ1v) is 9.56. The minimum atomic E-state index is -0.502. The Kier molecular flexibility index (Phi) is 6.03. The minimum absolute atomic E-state index is 0.0795. The maximum Gasteiger partial charge on any atom is 0.329 e. The van der Waals surface area contributed by atoms with Gasteiger partial charge in [-0.2, -0.15) is 0 Å². The molecule has 0 bridgehead atoms. The number of para-hydroxylation sites is 2. The number of hydrogen-bond donors (Lipinski definition) is 0. The molecule has 0 fully saturated rings. The van der Waals surface area contributed by atoms with E-state index < -0.39 is 4.92 Å². The third-order valence-corrected chi connectivity index (χ3v) is 5.23. The summed E-state index contributed by atoms with van der Waals surface area (Å²) in [7, 11) is 1.61. The first kappa shape index (κ1) is 20.6. The van der Waals surface area contributed by atoms with Crippen LogP contribution in [0.1, 0.15) is 18.9 Å². The van der Waals surface area contributed by atoms with E-state index in [4.69, 9.17) is 11.6 Å². The van der Waals surface area contributed by atoms with Crippen molar-refractivity contribution in [1.82, 2.24) is 14.0 Å². The molecule has 0 saturated heterocycles. The molecule has 0 saturated carbocycles. The van der Waals surface area contributed by atoms with Gasteiger partial charge in [0.1, 0.15) is 0 Å². The van der Waals surface area contributed by atoms with Crippen molar-refractivity contribution in [2.24, 2.45) is 0 Å². The van der Waals surface area contributed by atoms with Gasteiger partial charge in [0.25, 0.3) is 5.69 Å². The highest BCUT2D eigenvalue weighted by Gasteiger charge is 2.17. The van der Waals surface area contributed by atoms with Crippen LogP contribution in [0, 0.1) is 10.1 Å². The molecular weight excluding hydrogens is 396 g/mol. The van der Waals surface area contributed by atoms with Crippen molar-refractivity contribution in [1.29, 1.82) is 0 Å². The lowest BCUT2D eigenvalue weighted by Gasteiger charge is -2.18. The van der Waals surface area contributed by atoms with Crippen LogP contribution < -0.4 is 5.69 Å². The first-order valence-electron chi connectivity index (χ1n) is 9.18. The third-order valence-electron chi connectivity index (χ3n) is 4.86. The van der Waals surface area contributed by atoms with Crippen LogP contribution in [-0.4, -0.2) is 31.9 Å². The van der Waals surface area contributed by atoms with E-state index in [1.165, 1.54) is 23.1 Å². The van der Waals surface area contributed by atoms with Crippen LogP contribution in [0.4, 0.5) is 5.69 Å². The van der Waals surface area contributed by atoms with Gasteiger partial charge in [0.05, 0.1) is 16.0 Å². The van der Waals surface area contributed by atoms with Gasteiger partial charge >= 0.3 is 5.69 Å². The molecular formula is C20H21ClN4O4. The van der Waals surface area contributed by atoms with Gasteiger partial charge in [-0.15, -0.1) is 0 Å². The van der Waals surface area contributed by atoms with Gasteiger partial charge in [-0.3, -0.25) is 24.0 Å². The lowest BCUT2D eigenvalue weighted by molar-refractivity contribution is -0.384. The fourth-order valence-corrected chi connectivity index (χ4v) is 3.51. The number of rotatable bonds is 7. The number of non-ortho nitro benzene ring substituents is 1. The maximum atomic E-state index is 12.7. The molecule has 1 aromatic heterocycles. The van der Waals surface area contributed by atoms with Crippen LogP contribution in [0.5, 0.6) is 0 Å². The SMILES string of the molecule is CCn1c(=O)n(CCC(=O)N(C)Cc2cc([N+](=O)[O-])ccc2Cl)c2ccccc21. The molecule has 0 aliphatic carbocycles. The number of nitro benzene ring substituents is 1. The molecule has 152 valence electrons. The molecule has 3 rings (SSSR count). The highest BCUT2D eigenvalue weighted by atomic mass is 35.5. The van der Waals surface area contributed by atoms with Gasteiger partial charge in [-0.1, -0.05) is 23.7 Å². The number of benzene rings is 2. The van der Waals surface area contributed by atoms with Crippen molar-refractivity contribution in [2.45, 2.75) is 33.0 Å². The second-order valence-corrected chi connectivity index (χ2v) is 7.11. The van der Waals surface area contributed by atoms with Crippen LogP contribution in [-0.2, 0) is 24.4 Å². The molecule has 9 heteroatoms. The van der Waals surface area contributed by atoms with Crippen LogP contribution >= 0.6 is 11.6 Å². The number of amides is 1. The smallest absolute Gasteiger partial charge is 0.329 e. The minimum Gasteiger partial charge on any atom is -0.341 e. The number of halogens is 1. The molecule has 0 radical (unpaired) electrons. The van der Waals surface area contributed by atoms with Gasteiger partial charge < -0.3 is 4.90 Å². The summed E-state index contributed by atoms with van der Waals surface area (Å²) in [4.78, 5) is 37.2. The zero-order valence-electron chi connectivity index (χ0n) is 16.2. The molecule has 8 nitrogen and oxygen atoms in total. The summed E-state index contributed by atoms with van der Waals surface area (Å²) < 4.78 is 3.28. The Labute approximate surface area is 172 Å². The molecule has 1 amide bonds. The summed E-state index contributed by atoms with van der Waals surface area (Å²) in [6, 6.07) is 11.6. The predicted molar refractivity (Wildman–Crippen MR) is 111 cm³/mol. The van der Waals surface area contributed by atoms with Crippen molar-refractivity contribution in [3.63, 3.8) is 0 Å². The van der Waals surface area contributed by atoms with Gasteiger partial charge in [0.2, 0.25) is 5.91 Å². The normalized spacial score (nSPS) is 11.0. The van der Waals surface area contributed by atoms with Crippen molar-refractivity contribution in [3.8, 4) is 0 Å². The van der Waals surface area contributed by atoms with E-state index in [0.29, 0.717) is 17.1 Å². The fourth-order valence-electron chi connectivity index (χ4n) is 3.33. The van der Waals surface area contributed by atoms with Crippen molar-refractivity contribution in [3.05, 3.63) is 73.6 Å². The molecule has 0 unspecified atom stereocenters. The van der Waals surface area contributed by atoms with E-state index in [2.05, 4.69) is 0 Å². The number of hydrogen-bond acceptors (Lipinski definition) is 4. The Morgan fingerprint density at radius 3 is 2.45 bits per heavy atom. The zero-order chi connectivity index (χ0) is 21.1. The van der Waals surface area contributed by atoms with E-state index in [1.54, 1.807) is 16.2 Å². The summed E-state index contributed by atoms with van der Waals surface area (Å²) in [6.45, 7) is 2.84. The van der Waals surface area contributed by atoms with Crippen molar-refractivity contribution >= 4 is 34.2 Å². The number of aromatic nitrogens is 2. The van der Waals surface area contributed by atoms with Crippen LogP contribution in [0.2, 0.25) is 5.02 Å². The molecule has 0 spiro atoms. The number of carbonyl (C=O) groups is 1. The standard InChI is InChI=1S/C20H21ClN4O4/c1-3-23-17-6-4-5-7-18(17)24(20(23)27)11-10-19(26)22(2)13-14-12-15(25(28)29)8-9-16(14)21/h4-9,12H,3,10-11,13H2,1-2H3. The van der Waals surface area contributed by atoms with E-state index in [-0.39, 0.29) is 36.8 Å². The molecule has 0 N–H and O–H groups in total. The highest BCUT2D eigenvalue weighted by Crippen LogP contribution is 2.23. The first-order chi connectivity index (χ1) is 13.8. The average molecular weight is 417 g/mol. The van der Waals surface area contributed by atoms with E-state index in [0.717, 1.165) is 11.0 Å². The Morgan fingerprint density at radius 1 is 1.17 bits per heavy atom. The van der Waals surface area contributed by atoms with Crippen molar-refractivity contribution in [2.75, 3.05) is 7.05 Å². The summed E-state index contributed by atoms with van der Waals surface area (Å²) in [6.07, 6.45) is 0.126. The van der Waals surface area contributed by atoms with Gasteiger partial charge in [-0.25, -0.2) is 4.79 Å². The lowest BCUT2D eigenvalue weighted by atomic mass is 10.2. The van der Waals surface area contributed by atoms with Crippen molar-refractivity contribution < 1.29 is 9.72 Å². The topological polar surface area (TPSA) is 90.4 Å². The number of carbonyl (C=O) groups excluding carboxylic acids is 1. The zero-order valence-corrected chi connectivity index (χ0v) is 16.9. The molecule has 2 aromatic carbocycles. The predicted octanol–water partition coefficient (Wildman–Crippen LogP) is 3.43. The summed E-state index contributed by atoms with van der Waals surface area (Å²) in [5.41, 5.74) is 1.90. The van der Waals surface area contributed by atoms with Crippen LogP contribution in [0.25, 0.3) is 11.0 Å². The molecule has 0 atom stereocenters. The van der Waals surface area contributed by atoms with E-state index >= 15 is 0 Å². The third kappa shape index (κ3) is 4.17. The molecule has 29 heavy (non-hydrogen) atoms. The second kappa shape index (κ2) is 8.48. The Hall–Kier alpha value is -3.13. The monoisotopic (exact) mass is 416 g/mol. The Balaban J connectivity index is 1.74. The lowest BCUT2D eigenvalue weighted by Crippen LogP contribution is -2.30. The number of aryl methyl sites for hydroxylation is 2.